The second-order valence-electron chi connectivity index (χ2n) is 4.41. The molecular weight excluding hydrogens is 224 g/mol. The standard InChI is InChI=1S/C14H14N4/c1-2-18-14(11-6-4-3-5-7-11)12-8-17(10-15)9-13(12)16-18/h3-7H,2,8-9H2,1H3. The number of fused-ring (bicyclic) bond motifs is 1. The highest BCUT2D eigenvalue weighted by Gasteiger charge is 2.26. The Labute approximate surface area is 106 Å². The molecule has 0 fully saturated rings. The van der Waals surface area contributed by atoms with E-state index in [0.717, 1.165) is 17.9 Å². The largest absolute Gasteiger partial charge is 0.300 e. The lowest BCUT2D eigenvalue weighted by Crippen LogP contribution is -2.11. The predicted octanol–water partition coefficient (Wildman–Crippen LogP) is 2.37. The van der Waals surface area contributed by atoms with Gasteiger partial charge in [0.2, 0.25) is 0 Å². The molecule has 2 aromatic rings. The number of hydrogen-bond donors (Lipinski definition) is 0. The third-order valence-corrected chi connectivity index (χ3v) is 3.31. The van der Waals surface area contributed by atoms with E-state index in [9.17, 15) is 0 Å². The van der Waals surface area contributed by atoms with Crippen molar-refractivity contribution in [1.29, 1.82) is 5.26 Å². The van der Waals surface area contributed by atoms with E-state index in [1.165, 1.54) is 11.1 Å². The first-order chi connectivity index (χ1) is 8.83. The summed E-state index contributed by atoms with van der Waals surface area (Å²) >= 11 is 0. The van der Waals surface area contributed by atoms with Gasteiger partial charge in [-0.05, 0) is 6.92 Å². The summed E-state index contributed by atoms with van der Waals surface area (Å²) in [6, 6.07) is 10.3. The van der Waals surface area contributed by atoms with Crippen LogP contribution in [-0.2, 0) is 19.6 Å². The van der Waals surface area contributed by atoms with Crippen LogP contribution in [-0.4, -0.2) is 14.7 Å². The lowest BCUT2D eigenvalue weighted by molar-refractivity contribution is 0.407. The zero-order valence-electron chi connectivity index (χ0n) is 10.3. The summed E-state index contributed by atoms with van der Waals surface area (Å²) in [6.07, 6.45) is 2.20. The maximum Gasteiger partial charge on any atom is 0.180 e. The lowest BCUT2D eigenvalue weighted by atomic mass is 10.1. The third-order valence-electron chi connectivity index (χ3n) is 3.31. The number of aromatic nitrogens is 2. The van der Waals surface area contributed by atoms with E-state index in [1.807, 2.05) is 22.9 Å². The molecule has 0 aliphatic carbocycles. The Hall–Kier alpha value is -2.28. The predicted molar refractivity (Wildman–Crippen MR) is 68.2 cm³/mol. The Morgan fingerprint density at radius 1 is 1.28 bits per heavy atom. The van der Waals surface area contributed by atoms with Crippen LogP contribution in [0.2, 0.25) is 0 Å². The van der Waals surface area contributed by atoms with Crippen LogP contribution in [0.3, 0.4) is 0 Å². The summed E-state index contributed by atoms with van der Waals surface area (Å²) in [6.45, 7) is 4.26. The van der Waals surface area contributed by atoms with E-state index in [-0.39, 0.29) is 0 Å². The molecule has 1 aliphatic rings. The van der Waals surface area contributed by atoms with Crippen LogP contribution in [0.15, 0.2) is 30.3 Å². The Bertz CT molecular complexity index is 607. The second kappa shape index (κ2) is 4.19. The number of benzene rings is 1. The van der Waals surface area contributed by atoms with Gasteiger partial charge >= 0.3 is 0 Å². The molecule has 0 saturated heterocycles. The van der Waals surface area contributed by atoms with E-state index in [2.05, 4.69) is 30.3 Å². The van der Waals surface area contributed by atoms with Crippen LogP contribution in [0, 0.1) is 11.5 Å². The van der Waals surface area contributed by atoms with Gasteiger partial charge in [0.15, 0.2) is 6.19 Å². The van der Waals surface area contributed by atoms with Gasteiger partial charge in [-0.2, -0.15) is 10.4 Å². The fraction of sp³-hybridized carbons (Fsp3) is 0.286. The van der Waals surface area contributed by atoms with Gasteiger partial charge in [-0.1, -0.05) is 30.3 Å². The lowest BCUT2D eigenvalue weighted by Gasteiger charge is -2.10. The first kappa shape index (κ1) is 10.8. The molecule has 2 heterocycles. The summed E-state index contributed by atoms with van der Waals surface area (Å²) in [4.78, 5) is 1.74. The van der Waals surface area contributed by atoms with E-state index in [4.69, 9.17) is 5.26 Å². The van der Waals surface area contributed by atoms with Gasteiger partial charge in [-0.25, -0.2) is 0 Å². The molecule has 0 radical (unpaired) electrons. The fourth-order valence-electron chi connectivity index (χ4n) is 2.49. The molecule has 0 saturated carbocycles. The van der Waals surface area contributed by atoms with Gasteiger partial charge in [0.25, 0.3) is 0 Å². The summed E-state index contributed by atoms with van der Waals surface area (Å²) in [5.74, 6) is 0. The van der Waals surface area contributed by atoms with Gasteiger partial charge in [-0.15, -0.1) is 0 Å². The van der Waals surface area contributed by atoms with Gasteiger partial charge in [0, 0.05) is 17.7 Å². The smallest absolute Gasteiger partial charge is 0.180 e. The molecule has 0 amide bonds. The maximum atomic E-state index is 8.99. The van der Waals surface area contributed by atoms with Gasteiger partial charge in [0.05, 0.1) is 24.5 Å². The highest BCUT2D eigenvalue weighted by molar-refractivity contribution is 5.65. The SMILES string of the molecule is CCn1nc2c(c1-c1ccccc1)CN(C#N)C2. The minimum atomic E-state index is 0.638. The van der Waals surface area contributed by atoms with Crippen molar-refractivity contribution in [3.05, 3.63) is 41.6 Å². The minimum absolute atomic E-state index is 0.638. The summed E-state index contributed by atoms with van der Waals surface area (Å²) in [7, 11) is 0. The quantitative estimate of drug-likeness (QED) is 0.754. The molecule has 0 bridgehead atoms. The van der Waals surface area contributed by atoms with E-state index in [0.29, 0.717) is 13.1 Å². The summed E-state index contributed by atoms with van der Waals surface area (Å²) in [5.41, 5.74) is 4.57. The molecule has 1 aliphatic heterocycles. The number of hydrogen-bond acceptors (Lipinski definition) is 3. The first-order valence-electron chi connectivity index (χ1n) is 6.12. The van der Waals surface area contributed by atoms with Crippen LogP contribution >= 0.6 is 0 Å². The van der Waals surface area contributed by atoms with E-state index >= 15 is 0 Å². The average Bonchev–Trinajstić information content (AvgIpc) is 2.95. The van der Waals surface area contributed by atoms with Gasteiger partial charge in [-0.3, -0.25) is 9.58 Å². The van der Waals surface area contributed by atoms with Crippen molar-refractivity contribution in [2.24, 2.45) is 0 Å². The molecule has 0 N–H and O–H groups in total. The molecule has 0 atom stereocenters. The molecule has 0 spiro atoms. The first-order valence-corrected chi connectivity index (χ1v) is 6.12. The zero-order chi connectivity index (χ0) is 12.5. The minimum Gasteiger partial charge on any atom is -0.300 e. The van der Waals surface area contributed by atoms with Crippen molar-refractivity contribution in [2.45, 2.75) is 26.6 Å². The van der Waals surface area contributed by atoms with Crippen molar-refractivity contribution < 1.29 is 0 Å². The highest BCUT2D eigenvalue weighted by Crippen LogP contribution is 2.32. The average molecular weight is 238 g/mol. The number of nitrogens with zero attached hydrogens (tertiary/aromatic N) is 4. The van der Waals surface area contributed by atoms with Crippen LogP contribution in [0.4, 0.5) is 0 Å². The summed E-state index contributed by atoms with van der Waals surface area (Å²) in [5, 5.41) is 13.6. The molecule has 4 heteroatoms. The van der Waals surface area contributed by atoms with Gasteiger partial charge < -0.3 is 0 Å². The van der Waals surface area contributed by atoms with Crippen LogP contribution < -0.4 is 0 Å². The number of rotatable bonds is 2. The molecule has 0 unspecified atom stereocenters. The highest BCUT2D eigenvalue weighted by atomic mass is 15.3. The molecule has 1 aromatic heterocycles. The maximum absolute atomic E-state index is 8.99. The summed E-state index contributed by atoms with van der Waals surface area (Å²) < 4.78 is 2.04. The fourth-order valence-corrected chi connectivity index (χ4v) is 2.49. The molecule has 3 rings (SSSR count). The van der Waals surface area contributed by atoms with E-state index < -0.39 is 0 Å². The van der Waals surface area contributed by atoms with Gasteiger partial charge in [0.1, 0.15) is 0 Å². The normalized spacial score (nSPS) is 13.4. The monoisotopic (exact) mass is 238 g/mol. The van der Waals surface area contributed by atoms with E-state index in [1.54, 1.807) is 4.90 Å². The van der Waals surface area contributed by atoms with Crippen molar-refractivity contribution in [1.82, 2.24) is 14.7 Å². The number of nitriles is 1. The van der Waals surface area contributed by atoms with Crippen molar-refractivity contribution in [3.63, 3.8) is 0 Å². The van der Waals surface area contributed by atoms with Crippen LogP contribution in [0.25, 0.3) is 11.3 Å². The molecule has 18 heavy (non-hydrogen) atoms. The molecule has 4 nitrogen and oxygen atoms in total. The van der Waals surface area contributed by atoms with Crippen molar-refractivity contribution in [2.75, 3.05) is 0 Å². The van der Waals surface area contributed by atoms with Crippen LogP contribution in [0.1, 0.15) is 18.2 Å². The van der Waals surface area contributed by atoms with Crippen molar-refractivity contribution >= 4 is 0 Å². The molecule has 90 valence electrons. The molecular formula is C14H14N4. The zero-order valence-corrected chi connectivity index (χ0v) is 10.3. The van der Waals surface area contributed by atoms with Crippen LogP contribution in [0.5, 0.6) is 0 Å². The Morgan fingerprint density at radius 3 is 2.72 bits per heavy atom. The Balaban J connectivity index is 2.13. The number of aryl methyl sites for hydroxylation is 1. The topological polar surface area (TPSA) is 44.9 Å². The molecule has 1 aromatic carbocycles. The Kier molecular flexibility index (Phi) is 2.52. The third kappa shape index (κ3) is 1.56. The second-order valence-corrected chi connectivity index (χ2v) is 4.41. The van der Waals surface area contributed by atoms with Crippen molar-refractivity contribution in [3.8, 4) is 17.5 Å². The Morgan fingerprint density at radius 2 is 2.06 bits per heavy atom.